The van der Waals surface area contributed by atoms with Gasteiger partial charge >= 0.3 is 5.69 Å². The molecule has 1 heterocycles. The predicted molar refractivity (Wildman–Crippen MR) is 96.7 cm³/mol. The van der Waals surface area contributed by atoms with Gasteiger partial charge in [-0.1, -0.05) is 18.2 Å². The monoisotopic (exact) mass is 352 g/mol. The van der Waals surface area contributed by atoms with Crippen LogP contribution in [0.25, 0.3) is 11.1 Å². The number of nitro groups is 1. The Morgan fingerprint density at radius 3 is 2.46 bits per heavy atom. The number of nitro benzene ring substituents is 1. The van der Waals surface area contributed by atoms with Crippen LogP contribution >= 0.6 is 0 Å². The zero-order valence-corrected chi connectivity index (χ0v) is 14.2. The van der Waals surface area contributed by atoms with Crippen LogP contribution in [0.4, 0.5) is 5.69 Å². The summed E-state index contributed by atoms with van der Waals surface area (Å²) in [7, 11) is 1.60. The Labute approximate surface area is 148 Å². The Kier molecular flexibility index (Phi) is 4.45. The van der Waals surface area contributed by atoms with E-state index in [1.54, 1.807) is 56.6 Å². The molecule has 1 N–H and O–H groups in total. The Morgan fingerprint density at radius 2 is 1.85 bits per heavy atom. The van der Waals surface area contributed by atoms with Crippen molar-refractivity contribution < 1.29 is 14.8 Å². The van der Waals surface area contributed by atoms with Crippen molar-refractivity contribution >= 4 is 5.69 Å². The van der Waals surface area contributed by atoms with Gasteiger partial charge in [0, 0.05) is 29.9 Å². The predicted octanol–water partition coefficient (Wildman–Crippen LogP) is 3.77. The summed E-state index contributed by atoms with van der Waals surface area (Å²) in [6.45, 7) is 1.67. The molecule has 0 saturated heterocycles. The first-order valence-corrected chi connectivity index (χ1v) is 7.79. The third-order valence-electron chi connectivity index (χ3n) is 3.93. The van der Waals surface area contributed by atoms with Crippen LogP contribution in [0.2, 0.25) is 0 Å². The summed E-state index contributed by atoms with van der Waals surface area (Å²) in [4.78, 5) is 22.8. The normalized spacial score (nSPS) is 10.5. The number of ether oxygens (including phenoxy) is 1. The zero-order chi connectivity index (χ0) is 18.8. The van der Waals surface area contributed by atoms with Crippen molar-refractivity contribution in [2.24, 2.45) is 7.05 Å². The van der Waals surface area contributed by atoms with E-state index in [-0.39, 0.29) is 11.3 Å². The molecule has 0 unspecified atom stereocenters. The molecule has 0 aliphatic heterocycles. The van der Waals surface area contributed by atoms with Crippen LogP contribution < -0.4 is 10.3 Å². The number of rotatable bonds is 4. The zero-order valence-electron chi connectivity index (χ0n) is 14.2. The van der Waals surface area contributed by atoms with E-state index < -0.39 is 16.4 Å². The summed E-state index contributed by atoms with van der Waals surface area (Å²) in [5.41, 5.74) is 0.771. The highest BCUT2D eigenvalue weighted by atomic mass is 16.6. The van der Waals surface area contributed by atoms with Gasteiger partial charge in [-0.2, -0.15) is 0 Å². The van der Waals surface area contributed by atoms with Gasteiger partial charge in [0.2, 0.25) is 5.75 Å². The quantitative estimate of drug-likeness (QED) is 0.570. The van der Waals surface area contributed by atoms with Gasteiger partial charge in [0.1, 0.15) is 5.75 Å². The molecule has 7 nitrogen and oxygen atoms in total. The average Bonchev–Trinajstić information content (AvgIpc) is 2.60. The van der Waals surface area contributed by atoms with Crippen LogP contribution in [0.1, 0.15) is 5.56 Å². The molecule has 26 heavy (non-hydrogen) atoms. The molecule has 1 aromatic heterocycles. The van der Waals surface area contributed by atoms with E-state index in [1.807, 2.05) is 0 Å². The highest BCUT2D eigenvalue weighted by Crippen LogP contribution is 2.45. The van der Waals surface area contributed by atoms with Crippen LogP contribution in [0.3, 0.4) is 0 Å². The van der Waals surface area contributed by atoms with Crippen LogP contribution in [0.15, 0.2) is 59.5 Å². The van der Waals surface area contributed by atoms with E-state index in [1.165, 1.54) is 16.7 Å². The second-order valence-corrected chi connectivity index (χ2v) is 5.81. The molecule has 0 saturated carbocycles. The number of benzene rings is 2. The largest absolute Gasteiger partial charge is 0.502 e. The fourth-order valence-corrected chi connectivity index (χ4v) is 2.70. The first-order chi connectivity index (χ1) is 12.4. The number of nitrogens with zero attached hydrogens (tertiary/aromatic N) is 2. The Morgan fingerprint density at radius 1 is 1.15 bits per heavy atom. The van der Waals surface area contributed by atoms with Crippen LogP contribution in [-0.2, 0) is 7.05 Å². The summed E-state index contributed by atoms with van der Waals surface area (Å²) in [5, 5.41) is 21.5. The van der Waals surface area contributed by atoms with Gasteiger partial charge in [-0.25, -0.2) is 0 Å². The fraction of sp³-hybridized carbons (Fsp3) is 0.105. The average molecular weight is 352 g/mol. The van der Waals surface area contributed by atoms with Gasteiger partial charge in [-0.15, -0.1) is 0 Å². The molecule has 0 atom stereocenters. The summed E-state index contributed by atoms with van der Waals surface area (Å²) in [6.07, 6.45) is 1.57. The number of aryl methyl sites for hydroxylation is 2. The molecule has 3 aromatic rings. The minimum atomic E-state index is -0.689. The maximum atomic E-state index is 11.9. The molecule has 0 spiro atoms. The van der Waals surface area contributed by atoms with Crippen molar-refractivity contribution in [3.63, 3.8) is 0 Å². The summed E-state index contributed by atoms with van der Waals surface area (Å²) >= 11 is 0. The van der Waals surface area contributed by atoms with E-state index in [4.69, 9.17) is 4.74 Å². The SMILES string of the molecule is Cc1cc(-c2ccc(O)c([N+](=O)[O-])c2Oc2ccccc2)cn(C)c1=O. The number of hydrogen-bond acceptors (Lipinski definition) is 5. The highest BCUT2D eigenvalue weighted by molar-refractivity contribution is 5.78. The van der Waals surface area contributed by atoms with Crippen LogP contribution in [-0.4, -0.2) is 14.6 Å². The first-order valence-electron chi connectivity index (χ1n) is 7.79. The Balaban J connectivity index is 2.27. The Bertz CT molecular complexity index is 1020. The molecule has 2 aromatic carbocycles. The lowest BCUT2D eigenvalue weighted by atomic mass is 10.0. The van der Waals surface area contributed by atoms with Gasteiger partial charge in [0.15, 0.2) is 5.75 Å². The second-order valence-electron chi connectivity index (χ2n) is 5.81. The van der Waals surface area contributed by atoms with Crippen LogP contribution in [0.5, 0.6) is 17.2 Å². The minimum absolute atomic E-state index is 0.0840. The molecule has 7 heteroatoms. The van der Waals surface area contributed by atoms with Crippen molar-refractivity contribution in [3.8, 4) is 28.4 Å². The Hall–Kier alpha value is -3.61. The van der Waals surface area contributed by atoms with Crippen molar-refractivity contribution in [1.29, 1.82) is 0 Å². The van der Waals surface area contributed by atoms with Gasteiger partial charge in [-0.05, 0) is 37.3 Å². The van der Waals surface area contributed by atoms with Gasteiger partial charge in [-0.3, -0.25) is 14.9 Å². The standard InChI is InChI=1S/C19H16N2O5/c1-12-10-13(11-20(2)19(12)23)15-8-9-16(22)17(21(24)25)18(15)26-14-6-4-3-5-7-14/h3-11,22H,1-2H3. The van der Waals surface area contributed by atoms with Gasteiger partial charge in [0.25, 0.3) is 5.56 Å². The number of aromatic nitrogens is 1. The molecule has 0 radical (unpaired) electrons. The van der Waals surface area contributed by atoms with Crippen molar-refractivity contribution in [2.45, 2.75) is 6.92 Å². The van der Waals surface area contributed by atoms with Crippen molar-refractivity contribution in [2.75, 3.05) is 0 Å². The maximum absolute atomic E-state index is 11.9. The molecular formula is C19H16N2O5. The topological polar surface area (TPSA) is 94.6 Å². The number of para-hydroxylation sites is 1. The minimum Gasteiger partial charge on any atom is -0.502 e. The lowest BCUT2D eigenvalue weighted by Crippen LogP contribution is -2.18. The molecule has 0 bridgehead atoms. The maximum Gasteiger partial charge on any atom is 0.353 e. The molecule has 0 aliphatic carbocycles. The van der Waals surface area contributed by atoms with Gasteiger partial charge < -0.3 is 14.4 Å². The smallest absolute Gasteiger partial charge is 0.353 e. The summed E-state index contributed by atoms with van der Waals surface area (Å²) in [6, 6.07) is 13.0. The number of hydrogen-bond donors (Lipinski definition) is 1. The fourth-order valence-electron chi connectivity index (χ4n) is 2.70. The molecular weight excluding hydrogens is 336 g/mol. The van der Waals surface area contributed by atoms with Gasteiger partial charge in [0.05, 0.1) is 4.92 Å². The number of aromatic hydroxyl groups is 1. The molecule has 3 rings (SSSR count). The lowest BCUT2D eigenvalue weighted by molar-refractivity contribution is -0.386. The third-order valence-corrected chi connectivity index (χ3v) is 3.93. The lowest BCUT2D eigenvalue weighted by Gasteiger charge is -2.14. The number of phenols is 1. The molecule has 132 valence electrons. The summed E-state index contributed by atoms with van der Waals surface area (Å²) in [5.74, 6) is -0.186. The second kappa shape index (κ2) is 6.72. The van der Waals surface area contributed by atoms with Crippen LogP contribution in [0, 0.1) is 17.0 Å². The van der Waals surface area contributed by atoms with E-state index in [0.717, 1.165) is 0 Å². The highest BCUT2D eigenvalue weighted by Gasteiger charge is 2.26. The van der Waals surface area contributed by atoms with E-state index in [0.29, 0.717) is 22.4 Å². The van der Waals surface area contributed by atoms with E-state index in [9.17, 15) is 20.0 Å². The first kappa shape index (κ1) is 17.2. The van der Waals surface area contributed by atoms with E-state index in [2.05, 4.69) is 0 Å². The molecule has 0 amide bonds. The van der Waals surface area contributed by atoms with Crippen molar-refractivity contribution in [1.82, 2.24) is 4.57 Å². The summed E-state index contributed by atoms with van der Waals surface area (Å²) < 4.78 is 7.16. The molecule has 0 aliphatic rings. The molecule has 0 fully saturated rings. The third kappa shape index (κ3) is 3.14. The van der Waals surface area contributed by atoms with E-state index >= 15 is 0 Å². The number of phenolic OH excluding ortho intramolecular Hbond substituents is 1. The van der Waals surface area contributed by atoms with Crippen molar-refractivity contribution in [3.05, 3.63) is 80.8 Å². The number of pyridine rings is 1.